The van der Waals surface area contributed by atoms with Gasteiger partial charge in [0.2, 0.25) is 0 Å². The third kappa shape index (κ3) is 5.12. The van der Waals surface area contributed by atoms with E-state index in [1.165, 1.54) is 44.1 Å². The Morgan fingerprint density at radius 2 is 1.65 bits per heavy atom. The van der Waals surface area contributed by atoms with E-state index in [1.807, 2.05) is 12.1 Å². The minimum Gasteiger partial charge on any atom is -0.166 e. The first-order valence-electron chi connectivity index (χ1n) is 8.78. The molecule has 0 nitrogen and oxygen atoms in total. The highest BCUT2D eigenvalue weighted by Gasteiger charge is 2.32. The van der Waals surface area contributed by atoms with Gasteiger partial charge in [-0.15, -0.1) is 0 Å². The van der Waals surface area contributed by atoms with Gasteiger partial charge in [0.15, 0.2) is 0 Å². The maximum Gasteiger partial charge on any atom is 0.416 e. The number of rotatable bonds is 6. The Morgan fingerprint density at radius 3 is 2.17 bits per heavy atom. The quantitative estimate of drug-likeness (QED) is 0.489. The second-order valence-corrected chi connectivity index (χ2v) is 6.81. The molecule has 0 unspecified atom stereocenters. The molecule has 23 heavy (non-hydrogen) atoms. The summed E-state index contributed by atoms with van der Waals surface area (Å²) in [5.41, 5.74) is 0.592. The van der Waals surface area contributed by atoms with Crippen molar-refractivity contribution in [2.24, 2.45) is 5.92 Å². The van der Waals surface area contributed by atoms with E-state index in [-0.39, 0.29) is 5.56 Å². The number of alkyl halides is 3. The average molecular weight is 324 g/mol. The van der Waals surface area contributed by atoms with E-state index in [0.717, 1.165) is 18.8 Å². The summed E-state index contributed by atoms with van der Waals surface area (Å²) in [5.74, 6) is 1.35. The lowest BCUT2D eigenvalue weighted by atomic mass is 9.77. The molecular formula is C20H27F3. The predicted molar refractivity (Wildman–Crippen MR) is 90.4 cm³/mol. The van der Waals surface area contributed by atoms with Crippen LogP contribution in [0.2, 0.25) is 0 Å². The van der Waals surface area contributed by atoms with Crippen LogP contribution in [0.1, 0.15) is 75.3 Å². The van der Waals surface area contributed by atoms with Gasteiger partial charge in [0, 0.05) is 0 Å². The molecule has 1 fully saturated rings. The van der Waals surface area contributed by atoms with Gasteiger partial charge in [0.05, 0.1) is 5.57 Å². The number of halogens is 3. The number of unbranched alkanes of at least 4 members (excludes halogenated alkanes) is 2. The molecule has 1 aromatic rings. The molecule has 0 amide bonds. The van der Waals surface area contributed by atoms with Crippen molar-refractivity contribution in [3.05, 3.63) is 42.0 Å². The normalized spacial score (nSPS) is 22.1. The number of benzene rings is 1. The van der Waals surface area contributed by atoms with E-state index in [4.69, 9.17) is 0 Å². The number of hydrogen-bond donors (Lipinski definition) is 0. The Bertz CT molecular complexity index is 491. The zero-order valence-corrected chi connectivity index (χ0v) is 14.0. The third-order valence-corrected chi connectivity index (χ3v) is 5.14. The second kappa shape index (κ2) is 8.03. The van der Waals surface area contributed by atoms with Crippen molar-refractivity contribution in [2.45, 2.75) is 70.4 Å². The molecule has 0 N–H and O–H groups in total. The summed E-state index contributed by atoms with van der Waals surface area (Å²) in [5, 5.41) is 0. The first-order valence-corrected chi connectivity index (χ1v) is 8.78. The molecule has 128 valence electrons. The van der Waals surface area contributed by atoms with Crippen molar-refractivity contribution in [3.63, 3.8) is 0 Å². The van der Waals surface area contributed by atoms with Crippen LogP contribution in [0.3, 0.4) is 0 Å². The van der Waals surface area contributed by atoms with Gasteiger partial charge in [-0.05, 0) is 48.6 Å². The van der Waals surface area contributed by atoms with Crippen LogP contribution in [0.5, 0.6) is 0 Å². The van der Waals surface area contributed by atoms with Crippen LogP contribution in [0.25, 0.3) is 5.57 Å². The van der Waals surface area contributed by atoms with Crippen LogP contribution in [0.4, 0.5) is 13.2 Å². The van der Waals surface area contributed by atoms with Gasteiger partial charge in [-0.25, -0.2) is 0 Å². The van der Waals surface area contributed by atoms with Gasteiger partial charge in [-0.2, -0.15) is 13.2 Å². The molecule has 1 aliphatic rings. The van der Waals surface area contributed by atoms with Crippen molar-refractivity contribution in [1.82, 2.24) is 0 Å². The van der Waals surface area contributed by atoms with E-state index < -0.39 is 11.7 Å². The second-order valence-electron chi connectivity index (χ2n) is 6.81. The van der Waals surface area contributed by atoms with Gasteiger partial charge in [0.1, 0.15) is 0 Å². The molecule has 0 heterocycles. The Hall–Kier alpha value is -1.25. The van der Waals surface area contributed by atoms with Crippen LogP contribution >= 0.6 is 0 Å². The fourth-order valence-corrected chi connectivity index (χ4v) is 3.59. The molecule has 0 atom stereocenters. The molecule has 2 rings (SSSR count). The van der Waals surface area contributed by atoms with E-state index in [2.05, 4.69) is 13.5 Å². The average Bonchev–Trinajstić information content (AvgIpc) is 2.54. The molecule has 1 aliphatic carbocycles. The Kier molecular flexibility index (Phi) is 6.32. The molecule has 0 bridgehead atoms. The summed E-state index contributed by atoms with van der Waals surface area (Å²) in [6, 6.07) is 6.85. The molecular weight excluding hydrogens is 297 g/mol. The molecule has 0 aromatic heterocycles. The molecule has 0 spiro atoms. The summed E-state index contributed by atoms with van der Waals surface area (Å²) < 4.78 is 38.0. The Balaban J connectivity index is 1.88. The standard InChI is InChI=1S/C20H27F3/c1-3-4-5-6-16-7-9-18(10-8-16)19-13-11-17(12-14-19)15(2)20(21,22)23/h11-14,16,18H,2-10H2,1H3. The lowest BCUT2D eigenvalue weighted by molar-refractivity contribution is -0.0686. The SMILES string of the molecule is C=C(c1ccc(C2CCC(CCCCC)CC2)cc1)C(F)(F)F. The van der Waals surface area contributed by atoms with Gasteiger partial charge in [-0.1, -0.05) is 63.5 Å². The van der Waals surface area contributed by atoms with Crippen molar-refractivity contribution in [1.29, 1.82) is 0 Å². The fraction of sp³-hybridized carbons (Fsp3) is 0.600. The summed E-state index contributed by atoms with van der Waals surface area (Å²) >= 11 is 0. The topological polar surface area (TPSA) is 0 Å². The van der Waals surface area contributed by atoms with Crippen molar-refractivity contribution in [3.8, 4) is 0 Å². The van der Waals surface area contributed by atoms with E-state index in [9.17, 15) is 13.2 Å². The van der Waals surface area contributed by atoms with E-state index >= 15 is 0 Å². The van der Waals surface area contributed by atoms with Crippen LogP contribution < -0.4 is 0 Å². The maximum atomic E-state index is 12.7. The van der Waals surface area contributed by atoms with Crippen LogP contribution in [0.15, 0.2) is 30.8 Å². The molecule has 0 aliphatic heterocycles. The van der Waals surface area contributed by atoms with Gasteiger partial charge >= 0.3 is 6.18 Å². The largest absolute Gasteiger partial charge is 0.416 e. The molecule has 0 radical (unpaired) electrons. The zero-order chi connectivity index (χ0) is 16.9. The minimum atomic E-state index is -4.35. The predicted octanol–water partition coefficient (Wildman–Crippen LogP) is 7.12. The summed E-state index contributed by atoms with van der Waals surface area (Å²) in [6.07, 6.45) is 5.75. The van der Waals surface area contributed by atoms with Gasteiger partial charge in [0.25, 0.3) is 0 Å². The molecule has 3 heteroatoms. The molecule has 1 aromatic carbocycles. The van der Waals surface area contributed by atoms with Crippen LogP contribution in [0, 0.1) is 5.92 Å². The summed E-state index contributed by atoms with van der Waals surface area (Å²) in [4.78, 5) is 0. The number of hydrogen-bond acceptors (Lipinski definition) is 0. The van der Waals surface area contributed by atoms with Gasteiger partial charge in [-0.3, -0.25) is 0 Å². The van der Waals surface area contributed by atoms with Crippen molar-refractivity contribution < 1.29 is 13.2 Å². The summed E-state index contributed by atoms with van der Waals surface area (Å²) in [7, 11) is 0. The molecule has 1 saturated carbocycles. The maximum absolute atomic E-state index is 12.7. The van der Waals surface area contributed by atoms with Crippen molar-refractivity contribution in [2.75, 3.05) is 0 Å². The van der Waals surface area contributed by atoms with Gasteiger partial charge < -0.3 is 0 Å². The highest BCUT2D eigenvalue weighted by Crippen LogP contribution is 2.39. The lowest BCUT2D eigenvalue weighted by Gasteiger charge is -2.29. The Labute approximate surface area is 137 Å². The number of allylic oxidation sites excluding steroid dienone is 1. The highest BCUT2D eigenvalue weighted by molar-refractivity contribution is 5.67. The van der Waals surface area contributed by atoms with E-state index in [1.54, 1.807) is 12.1 Å². The van der Waals surface area contributed by atoms with Crippen LogP contribution in [-0.4, -0.2) is 6.18 Å². The van der Waals surface area contributed by atoms with Crippen molar-refractivity contribution >= 4 is 5.57 Å². The smallest absolute Gasteiger partial charge is 0.166 e. The van der Waals surface area contributed by atoms with E-state index in [0.29, 0.717) is 5.92 Å². The first-order chi connectivity index (χ1) is 10.9. The minimum absolute atomic E-state index is 0.175. The molecule has 0 saturated heterocycles. The highest BCUT2D eigenvalue weighted by atomic mass is 19.4. The zero-order valence-electron chi connectivity index (χ0n) is 14.0. The first kappa shape index (κ1) is 18.1. The van der Waals surface area contributed by atoms with Crippen LogP contribution in [-0.2, 0) is 0 Å². The third-order valence-electron chi connectivity index (χ3n) is 5.14. The fourth-order valence-electron chi connectivity index (χ4n) is 3.59. The Morgan fingerprint density at radius 1 is 1.04 bits per heavy atom. The monoisotopic (exact) mass is 324 g/mol. The summed E-state index contributed by atoms with van der Waals surface area (Å²) in [6.45, 7) is 5.39. The lowest BCUT2D eigenvalue weighted by Crippen LogP contribution is -2.13.